The molecule has 0 atom stereocenters. The first-order valence-electron chi connectivity index (χ1n) is 6.09. The number of benzene rings is 1. The number of methoxy groups -OCH3 is 1. The lowest BCUT2D eigenvalue weighted by atomic mass is 10.1. The molecule has 0 fully saturated rings. The van der Waals surface area contributed by atoms with Crippen LogP contribution in [0.1, 0.15) is 18.2 Å². The van der Waals surface area contributed by atoms with E-state index >= 15 is 0 Å². The highest BCUT2D eigenvalue weighted by Crippen LogP contribution is 2.26. The summed E-state index contributed by atoms with van der Waals surface area (Å²) in [6.45, 7) is 2.62. The highest BCUT2D eigenvalue weighted by molar-refractivity contribution is 5.60. The first-order valence-corrected chi connectivity index (χ1v) is 6.09. The normalized spacial score (nSPS) is 10.7. The number of nitrogens with two attached hydrogens (primary N) is 1. The molecule has 0 radical (unpaired) electrons. The summed E-state index contributed by atoms with van der Waals surface area (Å²) in [5, 5.41) is 0. The van der Waals surface area contributed by atoms with Gasteiger partial charge >= 0.3 is 0 Å². The summed E-state index contributed by atoms with van der Waals surface area (Å²) in [5.74, 6) is 1.86. The molecule has 96 valence electrons. The summed E-state index contributed by atoms with van der Waals surface area (Å²) in [7, 11) is 3.68. The maximum Gasteiger partial charge on any atom is 0.139 e. The van der Waals surface area contributed by atoms with Gasteiger partial charge < -0.3 is 15.0 Å². The molecule has 18 heavy (non-hydrogen) atoms. The molecule has 0 aliphatic rings. The van der Waals surface area contributed by atoms with Crippen LogP contribution in [0.15, 0.2) is 24.4 Å². The van der Waals surface area contributed by atoms with Gasteiger partial charge in [0, 0.05) is 19.2 Å². The van der Waals surface area contributed by atoms with Crippen LogP contribution in [0.3, 0.4) is 0 Å². The Morgan fingerprint density at radius 2 is 2.17 bits per heavy atom. The second-order valence-corrected chi connectivity index (χ2v) is 4.22. The number of rotatable bonds is 4. The number of hydrogen-bond acceptors (Lipinski definition) is 3. The third-order valence-corrected chi connectivity index (χ3v) is 3.21. The Bertz CT molecular complexity index is 546. The fourth-order valence-electron chi connectivity index (χ4n) is 2.10. The minimum absolute atomic E-state index is 0.500. The van der Waals surface area contributed by atoms with Gasteiger partial charge in [-0.2, -0.15) is 0 Å². The molecule has 0 spiro atoms. The Hall–Kier alpha value is -1.81. The first kappa shape index (κ1) is 12.6. The van der Waals surface area contributed by atoms with Crippen molar-refractivity contribution in [3.8, 4) is 17.1 Å². The van der Waals surface area contributed by atoms with E-state index in [0.29, 0.717) is 6.54 Å². The minimum Gasteiger partial charge on any atom is -0.496 e. The van der Waals surface area contributed by atoms with E-state index in [1.807, 2.05) is 29.9 Å². The predicted octanol–water partition coefficient (Wildman–Crippen LogP) is 2.12. The Morgan fingerprint density at radius 1 is 1.39 bits per heavy atom. The minimum atomic E-state index is 0.500. The summed E-state index contributed by atoms with van der Waals surface area (Å²) in [6.07, 6.45) is 2.76. The van der Waals surface area contributed by atoms with Crippen LogP contribution < -0.4 is 10.5 Å². The lowest BCUT2D eigenvalue weighted by molar-refractivity contribution is 0.410. The molecule has 1 aromatic heterocycles. The lowest BCUT2D eigenvalue weighted by Gasteiger charge is -2.10. The molecule has 4 heteroatoms. The maximum absolute atomic E-state index is 5.66. The van der Waals surface area contributed by atoms with Gasteiger partial charge in [-0.05, 0) is 30.2 Å². The van der Waals surface area contributed by atoms with Gasteiger partial charge in [0.05, 0.1) is 19.0 Å². The fourth-order valence-corrected chi connectivity index (χ4v) is 2.10. The molecule has 1 heterocycles. The van der Waals surface area contributed by atoms with Crippen molar-refractivity contribution in [3.05, 3.63) is 35.7 Å². The molecule has 0 amide bonds. The second-order valence-electron chi connectivity index (χ2n) is 4.22. The molecule has 0 saturated carbocycles. The second kappa shape index (κ2) is 5.23. The van der Waals surface area contributed by atoms with Crippen LogP contribution in [0.2, 0.25) is 0 Å². The molecule has 0 unspecified atom stereocenters. The Kier molecular flexibility index (Phi) is 3.67. The fraction of sp³-hybridized carbons (Fsp3) is 0.357. The SMILES string of the molecule is CCc1cc(-c2ncc(CN)n2C)ccc1OC. The van der Waals surface area contributed by atoms with E-state index in [4.69, 9.17) is 10.5 Å². The summed E-state index contributed by atoms with van der Waals surface area (Å²) < 4.78 is 7.37. The van der Waals surface area contributed by atoms with Crippen molar-refractivity contribution >= 4 is 0 Å². The van der Waals surface area contributed by atoms with E-state index < -0.39 is 0 Å². The summed E-state index contributed by atoms with van der Waals surface area (Å²) in [6, 6.07) is 6.15. The van der Waals surface area contributed by atoms with Crippen LogP contribution in [0.4, 0.5) is 0 Å². The largest absolute Gasteiger partial charge is 0.496 e. The van der Waals surface area contributed by atoms with Gasteiger partial charge in [-0.1, -0.05) is 6.92 Å². The summed E-state index contributed by atoms with van der Waals surface area (Å²) in [4.78, 5) is 4.43. The van der Waals surface area contributed by atoms with Crippen molar-refractivity contribution in [1.82, 2.24) is 9.55 Å². The quantitative estimate of drug-likeness (QED) is 0.897. The lowest BCUT2D eigenvalue weighted by Crippen LogP contribution is -2.04. The topological polar surface area (TPSA) is 53.1 Å². The van der Waals surface area contributed by atoms with Crippen molar-refractivity contribution in [3.63, 3.8) is 0 Å². The van der Waals surface area contributed by atoms with Crippen molar-refractivity contribution < 1.29 is 4.74 Å². The van der Waals surface area contributed by atoms with Gasteiger partial charge in [0.25, 0.3) is 0 Å². The molecule has 0 aliphatic heterocycles. The van der Waals surface area contributed by atoms with Crippen molar-refractivity contribution in [2.45, 2.75) is 19.9 Å². The molecule has 1 aromatic carbocycles. The number of aromatic nitrogens is 2. The Labute approximate surface area is 107 Å². The zero-order valence-electron chi connectivity index (χ0n) is 11.1. The van der Waals surface area contributed by atoms with Crippen molar-refractivity contribution in [1.29, 1.82) is 0 Å². The molecule has 4 nitrogen and oxygen atoms in total. The Morgan fingerprint density at radius 3 is 2.72 bits per heavy atom. The third kappa shape index (κ3) is 2.11. The molecule has 2 aromatic rings. The molecule has 2 rings (SSSR count). The zero-order valence-corrected chi connectivity index (χ0v) is 11.1. The third-order valence-electron chi connectivity index (χ3n) is 3.21. The van der Waals surface area contributed by atoms with Crippen molar-refractivity contribution in [2.24, 2.45) is 12.8 Å². The first-order chi connectivity index (χ1) is 8.71. The smallest absolute Gasteiger partial charge is 0.139 e. The van der Waals surface area contributed by atoms with Gasteiger partial charge in [0.2, 0.25) is 0 Å². The molecule has 2 N–H and O–H groups in total. The van der Waals surface area contributed by atoms with Crippen LogP contribution in [0, 0.1) is 0 Å². The number of nitrogens with zero attached hydrogens (tertiary/aromatic N) is 2. The summed E-state index contributed by atoms with van der Waals surface area (Å²) >= 11 is 0. The van der Waals surface area contributed by atoms with Gasteiger partial charge in [-0.3, -0.25) is 0 Å². The highest BCUT2D eigenvalue weighted by atomic mass is 16.5. The van der Waals surface area contributed by atoms with E-state index in [0.717, 1.165) is 29.3 Å². The summed E-state index contributed by atoms with van der Waals surface area (Å²) in [5.41, 5.74) is 8.97. The molecular weight excluding hydrogens is 226 g/mol. The van der Waals surface area contributed by atoms with Crippen LogP contribution in [0.25, 0.3) is 11.4 Å². The van der Waals surface area contributed by atoms with E-state index in [9.17, 15) is 0 Å². The van der Waals surface area contributed by atoms with E-state index in [-0.39, 0.29) is 0 Å². The molecule has 0 bridgehead atoms. The standard InChI is InChI=1S/C14H19N3O/c1-4-10-7-11(5-6-13(10)18-3)14-16-9-12(8-15)17(14)2/h5-7,9H,4,8,15H2,1-3H3. The van der Waals surface area contributed by atoms with Crippen LogP contribution in [-0.2, 0) is 20.0 Å². The van der Waals surface area contributed by atoms with Crippen LogP contribution in [-0.4, -0.2) is 16.7 Å². The van der Waals surface area contributed by atoms with Gasteiger partial charge in [0.15, 0.2) is 0 Å². The van der Waals surface area contributed by atoms with Gasteiger partial charge in [-0.25, -0.2) is 4.98 Å². The molecule has 0 aliphatic carbocycles. The molecule has 0 saturated heterocycles. The van der Waals surface area contributed by atoms with E-state index in [1.54, 1.807) is 7.11 Å². The van der Waals surface area contributed by atoms with Gasteiger partial charge in [-0.15, -0.1) is 0 Å². The van der Waals surface area contributed by atoms with Gasteiger partial charge in [0.1, 0.15) is 11.6 Å². The Balaban J connectivity index is 2.47. The molecular formula is C14H19N3O. The number of hydrogen-bond donors (Lipinski definition) is 1. The average Bonchev–Trinajstić information content (AvgIpc) is 2.79. The highest BCUT2D eigenvalue weighted by Gasteiger charge is 2.10. The predicted molar refractivity (Wildman–Crippen MR) is 72.5 cm³/mol. The number of ether oxygens (including phenoxy) is 1. The number of imidazole rings is 1. The number of aryl methyl sites for hydroxylation is 1. The van der Waals surface area contributed by atoms with Crippen LogP contribution in [0.5, 0.6) is 5.75 Å². The van der Waals surface area contributed by atoms with Crippen LogP contribution >= 0.6 is 0 Å². The van der Waals surface area contributed by atoms with E-state index in [2.05, 4.69) is 18.0 Å². The maximum atomic E-state index is 5.66. The monoisotopic (exact) mass is 245 g/mol. The average molecular weight is 245 g/mol. The van der Waals surface area contributed by atoms with Crippen molar-refractivity contribution in [2.75, 3.05) is 7.11 Å². The van der Waals surface area contributed by atoms with E-state index in [1.165, 1.54) is 5.56 Å². The zero-order chi connectivity index (χ0) is 13.1.